The van der Waals surface area contributed by atoms with E-state index in [1.165, 1.54) is 62.8 Å². The highest BCUT2D eigenvalue weighted by molar-refractivity contribution is 8.13. The molecule has 1 aliphatic carbocycles. The summed E-state index contributed by atoms with van der Waals surface area (Å²) in [5.74, 6) is 5.43. The highest BCUT2D eigenvalue weighted by Gasteiger charge is 2.16. The minimum absolute atomic E-state index is 0.306. The van der Waals surface area contributed by atoms with Crippen molar-refractivity contribution >= 4 is 16.4 Å². The van der Waals surface area contributed by atoms with Crippen LogP contribution in [-0.2, 0) is 0 Å². The van der Waals surface area contributed by atoms with Gasteiger partial charge in [0, 0.05) is 6.07 Å². The molecule has 0 amide bonds. The van der Waals surface area contributed by atoms with E-state index in [0.29, 0.717) is 21.8 Å². The Morgan fingerprint density at radius 1 is 0.970 bits per heavy atom. The molecule has 0 heterocycles. The largest absolute Gasteiger partial charge is 0.207 e. The minimum Gasteiger partial charge on any atom is -0.207 e. The summed E-state index contributed by atoms with van der Waals surface area (Å²) in [6.45, 7) is 19.0. The smallest absolute Gasteiger partial charge is 0.126 e. The predicted molar refractivity (Wildman–Crippen MR) is 152 cm³/mol. The van der Waals surface area contributed by atoms with Gasteiger partial charge >= 0.3 is 0 Å². The van der Waals surface area contributed by atoms with E-state index in [4.69, 9.17) is 0 Å². The van der Waals surface area contributed by atoms with Gasteiger partial charge in [0.05, 0.1) is 0 Å². The third-order valence-electron chi connectivity index (χ3n) is 5.63. The number of halogens is 2. The van der Waals surface area contributed by atoms with Crippen molar-refractivity contribution < 1.29 is 8.78 Å². The van der Waals surface area contributed by atoms with Gasteiger partial charge in [-0.3, -0.25) is 0 Å². The van der Waals surface area contributed by atoms with E-state index in [2.05, 4.69) is 67.2 Å². The SMILES string of the molecule is C=CC(C)(C)C.C=S(C)CC.CCCC(C)CCC.Fc1cc(F)cc(C2CCCCC2)c1. The molecule has 0 radical (unpaired) electrons. The molecule has 1 aliphatic rings. The van der Waals surface area contributed by atoms with Crippen LogP contribution in [0.5, 0.6) is 0 Å². The zero-order valence-corrected chi connectivity index (χ0v) is 23.9. The Balaban J connectivity index is 0. The maximum atomic E-state index is 12.9. The fourth-order valence-corrected chi connectivity index (χ4v) is 3.38. The summed E-state index contributed by atoms with van der Waals surface area (Å²) < 4.78 is 25.9. The number of rotatable bonds is 6. The Labute approximate surface area is 208 Å². The highest BCUT2D eigenvalue weighted by atomic mass is 32.2. The van der Waals surface area contributed by atoms with Crippen LogP contribution < -0.4 is 0 Å². The average Bonchev–Trinajstić information content (AvgIpc) is 2.75. The van der Waals surface area contributed by atoms with E-state index >= 15 is 0 Å². The van der Waals surface area contributed by atoms with Gasteiger partial charge in [0.15, 0.2) is 0 Å². The first kappa shape index (κ1) is 34.2. The summed E-state index contributed by atoms with van der Waals surface area (Å²) in [5, 5.41) is 0. The second kappa shape index (κ2) is 20.4. The van der Waals surface area contributed by atoms with Gasteiger partial charge in [-0.1, -0.05) is 105 Å². The summed E-state index contributed by atoms with van der Waals surface area (Å²) in [4.78, 5) is 0. The molecule has 0 nitrogen and oxygen atoms in total. The van der Waals surface area contributed by atoms with Crippen molar-refractivity contribution in [2.75, 3.05) is 12.0 Å². The van der Waals surface area contributed by atoms with Crippen LogP contribution in [0.25, 0.3) is 0 Å². The van der Waals surface area contributed by atoms with Crippen LogP contribution in [0, 0.1) is 23.0 Å². The molecule has 0 spiro atoms. The third-order valence-corrected chi connectivity index (χ3v) is 6.62. The lowest BCUT2D eigenvalue weighted by molar-refractivity contribution is 0.439. The van der Waals surface area contributed by atoms with Crippen molar-refractivity contribution in [1.82, 2.24) is 0 Å². The topological polar surface area (TPSA) is 0 Å². The highest BCUT2D eigenvalue weighted by Crippen LogP contribution is 2.33. The second-order valence-electron chi connectivity index (χ2n) is 10.4. The minimum atomic E-state index is -0.453. The molecular weight excluding hydrogens is 430 g/mol. The molecule has 1 saturated carbocycles. The van der Waals surface area contributed by atoms with Gasteiger partial charge < -0.3 is 0 Å². The van der Waals surface area contributed by atoms with Crippen LogP contribution in [0.3, 0.4) is 0 Å². The van der Waals surface area contributed by atoms with Gasteiger partial charge in [0.25, 0.3) is 0 Å². The molecule has 0 aliphatic heterocycles. The molecule has 194 valence electrons. The Morgan fingerprint density at radius 3 is 1.67 bits per heavy atom. The van der Waals surface area contributed by atoms with Crippen molar-refractivity contribution in [2.24, 2.45) is 11.3 Å². The quantitative estimate of drug-likeness (QED) is 0.278. The summed E-state index contributed by atoms with van der Waals surface area (Å²) in [7, 11) is 0.427. The van der Waals surface area contributed by atoms with Gasteiger partial charge in [-0.05, 0) is 59.8 Å². The number of hydrogen-bond donors (Lipinski definition) is 0. The lowest BCUT2D eigenvalue weighted by atomic mass is 9.84. The predicted octanol–water partition coefficient (Wildman–Crippen LogP) is 10.8. The fourth-order valence-electron chi connectivity index (χ4n) is 3.38. The molecular formula is C30H54F2S. The van der Waals surface area contributed by atoms with E-state index in [0.717, 1.165) is 30.4 Å². The average molecular weight is 485 g/mol. The standard InChI is InChI=1S/C12H14F2.C8H18.C6H12.C4H10S/c13-11-6-10(7-12(14)8-11)9-4-2-1-3-5-9;1-4-6-8(3)7-5-2;1-5-6(2,3)4;1-4-5(2)3/h6-9H,1-5H2;8H,4-7H2,1-3H3;5H,1H2,2-4H3;2,4H2,1,3H3. The van der Waals surface area contributed by atoms with Crippen molar-refractivity contribution in [3.8, 4) is 0 Å². The van der Waals surface area contributed by atoms with Gasteiger partial charge in [0.1, 0.15) is 11.6 Å². The fraction of sp³-hybridized carbons (Fsp3) is 0.700. The third kappa shape index (κ3) is 22.6. The van der Waals surface area contributed by atoms with Gasteiger partial charge in [-0.25, -0.2) is 8.78 Å². The molecule has 3 heteroatoms. The van der Waals surface area contributed by atoms with E-state index < -0.39 is 11.6 Å². The first-order chi connectivity index (χ1) is 15.4. The van der Waals surface area contributed by atoms with Crippen LogP contribution in [0.2, 0.25) is 0 Å². The normalized spacial score (nSPS) is 14.6. The molecule has 1 aromatic rings. The molecule has 0 N–H and O–H groups in total. The molecule has 2 rings (SSSR count). The maximum Gasteiger partial charge on any atom is 0.126 e. The molecule has 0 saturated heterocycles. The monoisotopic (exact) mass is 484 g/mol. The summed E-state index contributed by atoms with van der Waals surface area (Å²) in [6, 6.07) is 3.88. The van der Waals surface area contributed by atoms with Crippen LogP contribution in [0.15, 0.2) is 30.9 Å². The first-order valence-corrected chi connectivity index (χ1v) is 14.9. The van der Waals surface area contributed by atoms with Gasteiger partial charge in [-0.15, -0.1) is 6.58 Å². The van der Waals surface area contributed by atoms with Crippen molar-refractivity contribution in [3.05, 3.63) is 48.1 Å². The lowest BCUT2D eigenvalue weighted by Gasteiger charge is -2.21. The Bertz CT molecular complexity index is 598. The Hall–Kier alpha value is -0.960. The van der Waals surface area contributed by atoms with Crippen LogP contribution in [0.1, 0.15) is 118 Å². The number of benzene rings is 1. The van der Waals surface area contributed by atoms with Gasteiger partial charge in [0.2, 0.25) is 0 Å². The second-order valence-corrected chi connectivity index (χ2v) is 12.5. The molecule has 0 aromatic heterocycles. The van der Waals surface area contributed by atoms with E-state index in [9.17, 15) is 8.78 Å². The van der Waals surface area contributed by atoms with Crippen LogP contribution in [-0.4, -0.2) is 17.9 Å². The molecule has 1 atom stereocenters. The zero-order chi connectivity index (χ0) is 25.9. The van der Waals surface area contributed by atoms with E-state index in [1.54, 1.807) is 0 Å². The van der Waals surface area contributed by atoms with E-state index in [-0.39, 0.29) is 0 Å². The number of allylic oxidation sites excluding steroid dienone is 1. The molecule has 0 bridgehead atoms. The first-order valence-electron chi connectivity index (χ1n) is 12.9. The molecule has 1 aromatic carbocycles. The Kier molecular flexibility index (Phi) is 21.2. The molecule has 1 fully saturated rings. The molecule has 33 heavy (non-hydrogen) atoms. The zero-order valence-electron chi connectivity index (χ0n) is 23.1. The molecule has 1 unspecified atom stereocenters. The summed E-state index contributed by atoms with van der Waals surface area (Å²) in [5.41, 5.74) is 1.14. The van der Waals surface area contributed by atoms with Crippen LogP contribution >= 0.6 is 10.5 Å². The summed E-state index contributed by atoms with van der Waals surface area (Å²) in [6.07, 6.45) is 15.4. The van der Waals surface area contributed by atoms with Crippen LogP contribution in [0.4, 0.5) is 8.78 Å². The Morgan fingerprint density at radius 2 is 1.36 bits per heavy atom. The summed E-state index contributed by atoms with van der Waals surface area (Å²) >= 11 is 0. The van der Waals surface area contributed by atoms with Crippen molar-refractivity contribution in [3.63, 3.8) is 0 Å². The van der Waals surface area contributed by atoms with Gasteiger partial charge in [-0.2, -0.15) is 10.5 Å². The maximum absolute atomic E-state index is 12.9. The lowest BCUT2D eigenvalue weighted by Crippen LogP contribution is -2.05. The van der Waals surface area contributed by atoms with E-state index in [1.807, 2.05) is 6.08 Å². The number of hydrogen-bond acceptors (Lipinski definition) is 0. The van der Waals surface area contributed by atoms with Crippen molar-refractivity contribution in [1.29, 1.82) is 0 Å². The van der Waals surface area contributed by atoms with Crippen molar-refractivity contribution in [2.45, 2.75) is 112 Å².